The van der Waals surface area contributed by atoms with Gasteiger partial charge >= 0.3 is 0 Å². The van der Waals surface area contributed by atoms with Gasteiger partial charge in [0.2, 0.25) is 0 Å². The lowest BCUT2D eigenvalue weighted by molar-refractivity contribution is -0.384. The van der Waals surface area contributed by atoms with E-state index in [4.69, 9.17) is 0 Å². The molecule has 1 fully saturated rings. The molecule has 1 aliphatic rings. The number of thiazole rings is 1. The van der Waals surface area contributed by atoms with Gasteiger partial charge in [0.15, 0.2) is 0 Å². The molecule has 2 aromatic rings. The van der Waals surface area contributed by atoms with Gasteiger partial charge in [-0.3, -0.25) is 15.0 Å². The number of benzene rings is 1. The first kappa shape index (κ1) is 17.0. The Balaban J connectivity index is 1.67. The van der Waals surface area contributed by atoms with Crippen LogP contribution in [-0.4, -0.2) is 39.1 Å². The molecule has 1 aromatic heterocycles. The molecule has 0 saturated heterocycles. The Labute approximate surface area is 144 Å². The first-order chi connectivity index (χ1) is 11.5. The van der Waals surface area contributed by atoms with Gasteiger partial charge in [0.05, 0.1) is 16.2 Å². The van der Waals surface area contributed by atoms with Crippen LogP contribution in [0.5, 0.6) is 0 Å². The van der Waals surface area contributed by atoms with E-state index in [1.54, 1.807) is 12.1 Å². The Morgan fingerprint density at radius 3 is 2.88 bits per heavy atom. The quantitative estimate of drug-likeness (QED) is 0.639. The predicted molar refractivity (Wildman–Crippen MR) is 94.0 cm³/mol. The van der Waals surface area contributed by atoms with E-state index in [-0.39, 0.29) is 5.69 Å². The lowest BCUT2D eigenvalue weighted by Crippen LogP contribution is -2.38. The number of nitro benzene ring substituents is 1. The summed E-state index contributed by atoms with van der Waals surface area (Å²) >= 11 is 1.48. The van der Waals surface area contributed by atoms with Crippen LogP contribution in [-0.2, 0) is 6.54 Å². The third-order valence-corrected chi connectivity index (χ3v) is 5.33. The van der Waals surface area contributed by atoms with Gasteiger partial charge in [0.1, 0.15) is 5.01 Å². The van der Waals surface area contributed by atoms with Gasteiger partial charge in [-0.25, -0.2) is 4.98 Å². The van der Waals surface area contributed by atoms with Crippen LogP contribution in [0.2, 0.25) is 0 Å². The van der Waals surface area contributed by atoms with Gasteiger partial charge in [-0.1, -0.05) is 25.0 Å². The SMILES string of the molecule is CN(Cc1csc(-c2cccc([N+](=O)[O-])c2)n1)CC1(O)CCCC1. The topological polar surface area (TPSA) is 79.5 Å². The van der Waals surface area contributed by atoms with Gasteiger partial charge in [0.25, 0.3) is 5.69 Å². The Kier molecular flexibility index (Phi) is 4.93. The van der Waals surface area contributed by atoms with Gasteiger partial charge in [-0.15, -0.1) is 11.3 Å². The minimum atomic E-state index is -0.562. The van der Waals surface area contributed by atoms with Crippen molar-refractivity contribution in [3.05, 3.63) is 45.5 Å². The van der Waals surface area contributed by atoms with E-state index in [1.807, 2.05) is 18.5 Å². The maximum absolute atomic E-state index is 10.9. The molecule has 3 rings (SSSR count). The monoisotopic (exact) mass is 347 g/mol. The number of nitrogens with zero attached hydrogens (tertiary/aromatic N) is 3. The molecule has 0 bridgehead atoms. The predicted octanol–water partition coefficient (Wildman–Crippen LogP) is 3.46. The van der Waals surface area contributed by atoms with E-state index in [1.165, 1.54) is 17.4 Å². The highest BCUT2D eigenvalue weighted by Crippen LogP contribution is 2.31. The average molecular weight is 347 g/mol. The van der Waals surface area contributed by atoms with Gasteiger partial charge in [-0.2, -0.15) is 0 Å². The van der Waals surface area contributed by atoms with Crippen molar-refractivity contribution in [3.8, 4) is 10.6 Å². The van der Waals surface area contributed by atoms with E-state index in [2.05, 4.69) is 9.88 Å². The van der Waals surface area contributed by atoms with Crippen LogP contribution in [0, 0.1) is 10.1 Å². The standard InChI is InChI=1S/C17H21N3O3S/c1-19(12-17(21)7-2-3-8-17)10-14-11-24-16(18-14)13-5-4-6-15(9-13)20(22)23/h4-6,9,11,21H,2-3,7-8,10,12H2,1H3. The van der Waals surface area contributed by atoms with Crippen LogP contribution in [0.4, 0.5) is 5.69 Å². The molecule has 1 aliphatic carbocycles. The molecule has 0 aliphatic heterocycles. The van der Waals surface area contributed by atoms with Gasteiger partial charge in [0, 0.05) is 36.2 Å². The molecule has 1 heterocycles. The Hall–Kier alpha value is -1.83. The molecular formula is C17H21N3O3S. The van der Waals surface area contributed by atoms with Gasteiger partial charge < -0.3 is 5.11 Å². The number of rotatable bonds is 6. The second-order valence-electron chi connectivity index (χ2n) is 6.56. The molecular weight excluding hydrogens is 326 g/mol. The Morgan fingerprint density at radius 2 is 2.17 bits per heavy atom. The second-order valence-corrected chi connectivity index (χ2v) is 7.41. The summed E-state index contributed by atoms with van der Waals surface area (Å²) in [7, 11) is 1.99. The summed E-state index contributed by atoms with van der Waals surface area (Å²) in [4.78, 5) is 17.2. The minimum Gasteiger partial charge on any atom is -0.389 e. The molecule has 1 N–H and O–H groups in total. The molecule has 0 unspecified atom stereocenters. The maximum Gasteiger partial charge on any atom is 0.270 e. The third-order valence-electron chi connectivity index (χ3n) is 4.39. The highest BCUT2D eigenvalue weighted by molar-refractivity contribution is 7.13. The van der Waals surface area contributed by atoms with Crippen molar-refractivity contribution >= 4 is 17.0 Å². The molecule has 0 spiro atoms. The second kappa shape index (κ2) is 6.96. The molecule has 0 radical (unpaired) electrons. The lowest BCUT2D eigenvalue weighted by Gasteiger charge is -2.28. The van der Waals surface area contributed by atoms with Crippen LogP contribution in [0.1, 0.15) is 31.4 Å². The molecule has 1 aromatic carbocycles. The lowest BCUT2D eigenvalue weighted by atomic mass is 10.0. The molecule has 24 heavy (non-hydrogen) atoms. The summed E-state index contributed by atoms with van der Waals surface area (Å²) in [6, 6.07) is 6.54. The van der Waals surface area contributed by atoms with Crippen LogP contribution >= 0.6 is 11.3 Å². The normalized spacial score (nSPS) is 16.6. The molecule has 7 heteroatoms. The number of nitro groups is 1. The van der Waals surface area contributed by atoms with Crippen LogP contribution in [0.25, 0.3) is 10.6 Å². The highest BCUT2D eigenvalue weighted by atomic mass is 32.1. The van der Waals surface area contributed by atoms with Gasteiger partial charge in [-0.05, 0) is 19.9 Å². The number of aliphatic hydroxyl groups is 1. The van der Waals surface area contributed by atoms with Crippen molar-refractivity contribution in [2.45, 2.75) is 37.8 Å². The Bertz CT molecular complexity index is 725. The fourth-order valence-electron chi connectivity index (χ4n) is 3.29. The third kappa shape index (κ3) is 3.98. The fourth-order valence-corrected chi connectivity index (χ4v) is 4.10. The molecule has 0 atom stereocenters. The van der Waals surface area contributed by atoms with Crippen molar-refractivity contribution in [3.63, 3.8) is 0 Å². The van der Waals surface area contributed by atoms with Crippen LogP contribution in [0.15, 0.2) is 29.6 Å². The van der Waals surface area contributed by atoms with E-state index in [0.29, 0.717) is 13.1 Å². The molecule has 6 nitrogen and oxygen atoms in total. The first-order valence-electron chi connectivity index (χ1n) is 8.05. The zero-order valence-corrected chi connectivity index (χ0v) is 14.5. The van der Waals surface area contributed by atoms with Crippen molar-refractivity contribution in [2.24, 2.45) is 0 Å². The summed E-state index contributed by atoms with van der Waals surface area (Å²) in [6.45, 7) is 1.31. The van der Waals surface area contributed by atoms with Crippen LogP contribution < -0.4 is 0 Å². The fraction of sp³-hybridized carbons (Fsp3) is 0.471. The first-order valence-corrected chi connectivity index (χ1v) is 8.93. The number of hydrogen-bond acceptors (Lipinski definition) is 6. The maximum atomic E-state index is 10.9. The zero-order valence-electron chi connectivity index (χ0n) is 13.6. The molecule has 1 saturated carbocycles. The van der Waals surface area contributed by atoms with Crippen molar-refractivity contribution in [1.82, 2.24) is 9.88 Å². The summed E-state index contributed by atoms with van der Waals surface area (Å²) in [5.41, 5.74) is 1.20. The van der Waals surface area contributed by atoms with Crippen molar-refractivity contribution in [1.29, 1.82) is 0 Å². The van der Waals surface area contributed by atoms with E-state index >= 15 is 0 Å². The van der Waals surface area contributed by atoms with E-state index < -0.39 is 10.5 Å². The number of hydrogen-bond donors (Lipinski definition) is 1. The number of likely N-dealkylation sites (N-methyl/N-ethyl adjacent to an activating group) is 1. The zero-order chi connectivity index (χ0) is 17.2. The summed E-state index contributed by atoms with van der Waals surface area (Å²) in [5, 5.41) is 24.1. The largest absolute Gasteiger partial charge is 0.389 e. The van der Waals surface area contributed by atoms with Crippen molar-refractivity contribution < 1.29 is 10.0 Å². The van der Waals surface area contributed by atoms with Crippen molar-refractivity contribution in [2.75, 3.05) is 13.6 Å². The van der Waals surface area contributed by atoms with E-state index in [9.17, 15) is 15.2 Å². The summed E-state index contributed by atoms with van der Waals surface area (Å²) in [5.74, 6) is 0. The average Bonchev–Trinajstić information content (AvgIpc) is 3.16. The molecule has 0 amide bonds. The number of non-ortho nitro benzene ring substituents is 1. The Morgan fingerprint density at radius 1 is 1.42 bits per heavy atom. The van der Waals surface area contributed by atoms with E-state index in [0.717, 1.165) is 41.9 Å². The minimum absolute atomic E-state index is 0.0739. The summed E-state index contributed by atoms with van der Waals surface area (Å²) in [6.07, 6.45) is 3.93. The van der Waals surface area contributed by atoms with Crippen LogP contribution in [0.3, 0.4) is 0 Å². The smallest absolute Gasteiger partial charge is 0.270 e. The highest BCUT2D eigenvalue weighted by Gasteiger charge is 2.32. The summed E-state index contributed by atoms with van der Waals surface area (Å²) < 4.78 is 0. The molecule has 128 valence electrons. The number of aromatic nitrogens is 1.